The number of rotatable bonds is 12. The molecule has 3 heteroatoms. The van der Waals surface area contributed by atoms with Gasteiger partial charge in [-0.25, -0.2) is 0 Å². The van der Waals surface area contributed by atoms with Crippen molar-refractivity contribution in [1.82, 2.24) is 5.43 Å². The lowest BCUT2D eigenvalue weighted by molar-refractivity contribution is -0.915. The Labute approximate surface area is 121 Å². The SMILES string of the molecule is CCCCCCCCCCCCN[N+](C)(C)C.Cl. The smallest absolute Gasteiger partial charge is 0.0853 e. The monoisotopic (exact) mass is 279 g/mol. The van der Waals surface area contributed by atoms with E-state index in [1.54, 1.807) is 0 Å². The summed E-state index contributed by atoms with van der Waals surface area (Å²) < 4.78 is 0.872. The van der Waals surface area contributed by atoms with Gasteiger partial charge in [0.05, 0.1) is 21.1 Å². The van der Waals surface area contributed by atoms with Gasteiger partial charge in [0, 0.05) is 6.54 Å². The molecule has 0 aromatic heterocycles. The van der Waals surface area contributed by atoms with Crippen molar-refractivity contribution in [1.29, 1.82) is 0 Å². The molecule has 0 heterocycles. The number of hydrogen-bond acceptors (Lipinski definition) is 1. The molecular formula is C15H36ClN2+. The molecule has 0 saturated heterocycles. The number of unbranched alkanes of at least 4 members (excludes halogenated alkanes) is 9. The van der Waals surface area contributed by atoms with Crippen molar-refractivity contribution in [3.05, 3.63) is 0 Å². The van der Waals surface area contributed by atoms with Gasteiger partial charge in [-0.3, -0.25) is 4.59 Å². The Kier molecular flexibility index (Phi) is 15.6. The summed E-state index contributed by atoms with van der Waals surface area (Å²) in [5, 5.41) is 0. The summed E-state index contributed by atoms with van der Waals surface area (Å²) in [6.07, 6.45) is 14.2. The van der Waals surface area contributed by atoms with Crippen LogP contribution in [0.3, 0.4) is 0 Å². The normalized spacial score (nSPS) is 11.3. The zero-order valence-electron chi connectivity index (χ0n) is 13.1. The molecule has 0 radical (unpaired) electrons. The van der Waals surface area contributed by atoms with E-state index in [0.717, 1.165) is 11.1 Å². The second-order valence-corrected chi connectivity index (χ2v) is 6.10. The first-order valence-electron chi connectivity index (χ1n) is 7.63. The van der Waals surface area contributed by atoms with Gasteiger partial charge in [0.25, 0.3) is 0 Å². The second kappa shape index (κ2) is 13.6. The molecule has 0 saturated carbocycles. The van der Waals surface area contributed by atoms with Crippen LogP contribution in [0.4, 0.5) is 0 Å². The van der Waals surface area contributed by atoms with Crippen molar-refractivity contribution in [2.75, 3.05) is 27.7 Å². The van der Waals surface area contributed by atoms with Gasteiger partial charge in [-0.2, -0.15) is 5.43 Å². The Morgan fingerprint density at radius 3 is 1.44 bits per heavy atom. The van der Waals surface area contributed by atoms with E-state index in [0.29, 0.717) is 0 Å². The molecule has 0 fully saturated rings. The average molecular weight is 280 g/mol. The van der Waals surface area contributed by atoms with E-state index in [2.05, 4.69) is 33.5 Å². The Morgan fingerprint density at radius 2 is 1.06 bits per heavy atom. The van der Waals surface area contributed by atoms with Crippen LogP contribution >= 0.6 is 12.4 Å². The fraction of sp³-hybridized carbons (Fsp3) is 1.00. The summed E-state index contributed by atoms with van der Waals surface area (Å²) in [5.41, 5.74) is 3.48. The number of nitrogens with zero attached hydrogens (tertiary/aromatic N) is 1. The Hall–Kier alpha value is 0.210. The third-order valence-electron chi connectivity index (χ3n) is 3.12. The lowest BCUT2D eigenvalue weighted by atomic mass is 10.1. The van der Waals surface area contributed by atoms with E-state index in [1.165, 1.54) is 64.2 Å². The summed E-state index contributed by atoms with van der Waals surface area (Å²) in [5.74, 6) is 0. The zero-order chi connectivity index (χ0) is 13.0. The first-order chi connectivity index (χ1) is 8.06. The van der Waals surface area contributed by atoms with Crippen molar-refractivity contribution in [3.8, 4) is 0 Å². The van der Waals surface area contributed by atoms with Gasteiger partial charge in [0.1, 0.15) is 0 Å². The van der Waals surface area contributed by atoms with Crippen LogP contribution in [0.5, 0.6) is 0 Å². The summed E-state index contributed by atoms with van der Waals surface area (Å²) >= 11 is 0. The summed E-state index contributed by atoms with van der Waals surface area (Å²) in [7, 11) is 6.53. The molecule has 18 heavy (non-hydrogen) atoms. The van der Waals surface area contributed by atoms with Crippen molar-refractivity contribution >= 4 is 12.4 Å². The van der Waals surface area contributed by atoms with Crippen LogP contribution in [-0.2, 0) is 0 Å². The highest BCUT2D eigenvalue weighted by atomic mass is 35.5. The molecule has 112 valence electrons. The topological polar surface area (TPSA) is 12.0 Å². The van der Waals surface area contributed by atoms with Gasteiger partial charge in [-0.05, 0) is 6.42 Å². The molecule has 0 aromatic carbocycles. The van der Waals surface area contributed by atoms with Gasteiger partial charge in [-0.15, -0.1) is 12.4 Å². The fourth-order valence-corrected chi connectivity index (χ4v) is 2.03. The van der Waals surface area contributed by atoms with Crippen LogP contribution in [0.1, 0.15) is 71.1 Å². The van der Waals surface area contributed by atoms with E-state index < -0.39 is 0 Å². The number of nitrogens with one attached hydrogen (secondary N) is 1. The fourth-order valence-electron chi connectivity index (χ4n) is 2.03. The molecule has 0 atom stereocenters. The maximum atomic E-state index is 3.48. The van der Waals surface area contributed by atoms with Crippen LogP contribution in [0, 0.1) is 0 Å². The van der Waals surface area contributed by atoms with Crippen LogP contribution in [0.15, 0.2) is 0 Å². The predicted molar refractivity (Wildman–Crippen MR) is 85.1 cm³/mol. The van der Waals surface area contributed by atoms with Crippen molar-refractivity contribution in [3.63, 3.8) is 0 Å². The van der Waals surface area contributed by atoms with Gasteiger partial charge in [0.15, 0.2) is 0 Å². The molecule has 0 aliphatic carbocycles. The maximum Gasteiger partial charge on any atom is 0.0853 e. The van der Waals surface area contributed by atoms with Crippen LogP contribution in [0.2, 0.25) is 0 Å². The summed E-state index contributed by atoms with van der Waals surface area (Å²) in [4.78, 5) is 0. The molecule has 0 spiro atoms. The highest BCUT2D eigenvalue weighted by Gasteiger charge is 2.03. The number of quaternary nitrogens is 1. The van der Waals surface area contributed by atoms with Crippen LogP contribution in [-0.4, -0.2) is 32.3 Å². The third-order valence-corrected chi connectivity index (χ3v) is 3.12. The van der Waals surface area contributed by atoms with E-state index in [1.807, 2.05) is 0 Å². The first-order valence-corrected chi connectivity index (χ1v) is 7.63. The highest BCUT2D eigenvalue weighted by Crippen LogP contribution is 2.10. The number of halogens is 1. The summed E-state index contributed by atoms with van der Waals surface area (Å²) in [6, 6.07) is 0. The minimum atomic E-state index is 0. The van der Waals surface area contributed by atoms with E-state index in [4.69, 9.17) is 0 Å². The molecule has 0 aliphatic heterocycles. The second-order valence-electron chi connectivity index (χ2n) is 6.10. The van der Waals surface area contributed by atoms with Gasteiger partial charge in [0.2, 0.25) is 0 Å². The van der Waals surface area contributed by atoms with E-state index >= 15 is 0 Å². The Balaban J connectivity index is 0. The van der Waals surface area contributed by atoms with Crippen LogP contribution in [0.25, 0.3) is 0 Å². The Morgan fingerprint density at radius 1 is 0.667 bits per heavy atom. The molecular weight excluding hydrogens is 244 g/mol. The predicted octanol–water partition coefficient (Wildman–Crippen LogP) is 4.54. The molecule has 0 bridgehead atoms. The maximum absolute atomic E-state index is 3.48. The van der Waals surface area contributed by atoms with Gasteiger partial charge < -0.3 is 0 Å². The van der Waals surface area contributed by atoms with E-state index in [-0.39, 0.29) is 12.4 Å². The molecule has 0 unspecified atom stereocenters. The minimum Gasteiger partial charge on any atom is -0.253 e. The van der Waals surface area contributed by atoms with Crippen molar-refractivity contribution in [2.45, 2.75) is 71.1 Å². The molecule has 0 aliphatic rings. The van der Waals surface area contributed by atoms with E-state index in [9.17, 15) is 0 Å². The quantitative estimate of drug-likeness (QED) is 0.314. The molecule has 0 amide bonds. The summed E-state index contributed by atoms with van der Waals surface area (Å²) in [6.45, 7) is 3.43. The van der Waals surface area contributed by atoms with Crippen molar-refractivity contribution < 1.29 is 4.59 Å². The molecule has 2 nitrogen and oxygen atoms in total. The largest absolute Gasteiger partial charge is 0.253 e. The van der Waals surface area contributed by atoms with Crippen LogP contribution < -0.4 is 5.43 Å². The minimum absolute atomic E-state index is 0. The van der Waals surface area contributed by atoms with Crippen molar-refractivity contribution in [2.24, 2.45) is 0 Å². The average Bonchev–Trinajstić information content (AvgIpc) is 2.24. The zero-order valence-corrected chi connectivity index (χ0v) is 14.0. The molecule has 0 aromatic rings. The molecule has 0 rings (SSSR count). The lowest BCUT2D eigenvalue weighted by Gasteiger charge is -2.23. The highest BCUT2D eigenvalue weighted by molar-refractivity contribution is 5.85. The third kappa shape index (κ3) is 18.6. The number of hydrogen-bond donors (Lipinski definition) is 1. The van der Waals surface area contributed by atoms with Gasteiger partial charge in [-0.1, -0.05) is 64.7 Å². The lowest BCUT2D eigenvalue weighted by Crippen LogP contribution is -2.48. The molecule has 1 N–H and O–H groups in total. The Bertz CT molecular complexity index is 155. The first kappa shape index (κ1) is 20.5. The standard InChI is InChI=1S/C15H35N2.ClH/c1-5-6-7-8-9-10-11-12-13-14-15-16-17(2,3)4;/h16H,5-15H2,1-4H3;1H/q+1;. The van der Waals surface area contributed by atoms with Gasteiger partial charge >= 0.3 is 0 Å².